The molecule has 1 N–H and O–H groups in total. The number of aryl methyl sites for hydroxylation is 1. The zero-order valence-corrected chi connectivity index (χ0v) is 13.5. The molecule has 124 valence electrons. The Kier molecular flexibility index (Phi) is 2.94. The summed E-state index contributed by atoms with van der Waals surface area (Å²) in [5.41, 5.74) is 5.18. The van der Waals surface area contributed by atoms with Gasteiger partial charge in [-0.15, -0.1) is 0 Å². The number of aromatic nitrogens is 3. The molecular formula is C19H15FN4O. The zero-order chi connectivity index (χ0) is 17.0. The number of nitrogens with zero attached hydrogens (tertiary/aromatic N) is 3. The van der Waals surface area contributed by atoms with Crippen LogP contribution in [0.1, 0.15) is 22.7 Å². The van der Waals surface area contributed by atoms with Crippen molar-refractivity contribution in [2.75, 3.05) is 11.9 Å². The van der Waals surface area contributed by atoms with Crippen molar-refractivity contribution < 1.29 is 9.13 Å². The summed E-state index contributed by atoms with van der Waals surface area (Å²) in [7, 11) is 0. The summed E-state index contributed by atoms with van der Waals surface area (Å²) in [4.78, 5) is 4.33. The van der Waals surface area contributed by atoms with Gasteiger partial charge in [0, 0.05) is 11.1 Å². The second kappa shape index (κ2) is 5.17. The summed E-state index contributed by atoms with van der Waals surface area (Å²) in [6, 6.07) is 12.5. The second-order valence-corrected chi connectivity index (χ2v) is 6.30. The molecule has 2 aliphatic rings. The van der Waals surface area contributed by atoms with Gasteiger partial charge in [0.25, 0.3) is 0 Å². The van der Waals surface area contributed by atoms with E-state index in [9.17, 15) is 4.39 Å². The van der Waals surface area contributed by atoms with Crippen molar-refractivity contribution in [2.24, 2.45) is 0 Å². The lowest BCUT2D eigenvalue weighted by Crippen LogP contribution is -2.30. The highest BCUT2D eigenvalue weighted by molar-refractivity contribution is 5.84. The van der Waals surface area contributed by atoms with Gasteiger partial charge in [0.15, 0.2) is 0 Å². The SMILES string of the molecule is Cc1ccc2c(c1)C1=C(CO2)C(c2ccc(F)cc2)n2ncnc2N1. The molecule has 25 heavy (non-hydrogen) atoms. The number of nitrogens with one attached hydrogen (secondary N) is 1. The van der Waals surface area contributed by atoms with E-state index < -0.39 is 0 Å². The minimum Gasteiger partial charge on any atom is -0.488 e. The number of hydrogen-bond donors (Lipinski definition) is 1. The number of fused-ring (bicyclic) bond motifs is 3. The molecule has 0 saturated heterocycles. The predicted molar refractivity (Wildman–Crippen MR) is 91.8 cm³/mol. The van der Waals surface area contributed by atoms with Crippen molar-refractivity contribution in [1.82, 2.24) is 14.8 Å². The molecule has 0 fully saturated rings. The maximum Gasteiger partial charge on any atom is 0.226 e. The van der Waals surface area contributed by atoms with Crippen LogP contribution in [0.4, 0.5) is 10.3 Å². The van der Waals surface area contributed by atoms with Crippen LogP contribution in [0.25, 0.3) is 5.70 Å². The first-order chi connectivity index (χ1) is 12.2. The van der Waals surface area contributed by atoms with Gasteiger partial charge in [-0.1, -0.05) is 23.8 Å². The van der Waals surface area contributed by atoms with Crippen molar-refractivity contribution in [1.29, 1.82) is 0 Å². The molecule has 1 aromatic heterocycles. The molecule has 3 heterocycles. The van der Waals surface area contributed by atoms with Crippen molar-refractivity contribution >= 4 is 11.6 Å². The molecule has 2 aliphatic heterocycles. The van der Waals surface area contributed by atoms with Gasteiger partial charge in [-0.25, -0.2) is 9.07 Å². The smallest absolute Gasteiger partial charge is 0.226 e. The molecule has 5 rings (SSSR count). The molecule has 0 amide bonds. The highest BCUT2D eigenvalue weighted by atomic mass is 19.1. The molecular weight excluding hydrogens is 319 g/mol. The molecule has 6 heteroatoms. The molecule has 0 aliphatic carbocycles. The van der Waals surface area contributed by atoms with E-state index in [0.717, 1.165) is 33.7 Å². The van der Waals surface area contributed by atoms with Gasteiger partial charge in [-0.05, 0) is 36.8 Å². The molecule has 2 aromatic carbocycles. The fraction of sp³-hybridized carbons (Fsp3) is 0.158. The van der Waals surface area contributed by atoms with Crippen molar-refractivity contribution in [3.63, 3.8) is 0 Å². The summed E-state index contributed by atoms with van der Waals surface area (Å²) in [6.07, 6.45) is 1.52. The van der Waals surface area contributed by atoms with Crippen LogP contribution in [0.3, 0.4) is 0 Å². The molecule has 1 atom stereocenters. The van der Waals surface area contributed by atoms with E-state index in [-0.39, 0.29) is 11.9 Å². The fourth-order valence-electron chi connectivity index (χ4n) is 3.50. The number of halogens is 1. The molecule has 0 radical (unpaired) electrons. The number of hydrogen-bond acceptors (Lipinski definition) is 4. The van der Waals surface area contributed by atoms with E-state index in [4.69, 9.17) is 4.74 Å². The third-order valence-electron chi connectivity index (χ3n) is 4.68. The largest absolute Gasteiger partial charge is 0.488 e. The zero-order valence-electron chi connectivity index (χ0n) is 13.5. The van der Waals surface area contributed by atoms with E-state index in [1.165, 1.54) is 18.5 Å². The van der Waals surface area contributed by atoms with Gasteiger partial charge in [-0.2, -0.15) is 10.1 Å². The van der Waals surface area contributed by atoms with Gasteiger partial charge in [0.05, 0.1) is 5.70 Å². The quantitative estimate of drug-likeness (QED) is 0.739. The number of rotatable bonds is 1. The normalized spacial score (nSPS) is 17.9. The monoisotopic (exact) mass is 334 g/mol. The lowest BCUT2D eigenvalue weighted by molar-refractivity contribution is 0.328. The van der Waals surface area contributed by atoms with Crippen LogP contribution in [-0.2, 0) is 0 Å². The Morgan fingerprint density at radius 2 is 2.04 bits per heavy atom. The number of anilines is 1. The molecule has 0 bridgehead atoms. The van der Waals surface area contributed by atoms with Crippen LogP contribution in [0, 0.1) is 12.7 Å². The van der Waals surface area contributed by atoms with Crippen molar-refractivity contribution in [2.45, 2.75) is 13.0 Å². The van der Waals surface area contributed by atoms with E-state index in [1.54, 1.807) is 12.1 Å². The average molecular weight is 334 g/mol. The van der Waals surface area contributed by atoms with E-state index in [0.29, 0.717) is 12.6 Å². The lowest BCUT2D eigenvalue weighted by Gasteiger charge is -2.34. The van der Waals surface area contributed by atoms with Crippen LogP contribution in [-0.4, -0.2) is 21.4 Å². The topological polar surface area (TPSA) is 52.0 Å². The maximum absolute atomic E-state index is 13.4. The van der Waals surface area contributed by atoms with Gasteiger partial charge < -0.3 is 10.1 Å². The van der Waals surface area contributed by atoms with Crippen LogP contribution in [0.2, 0.25) is 0 Å². The molecule has 5 nitrogen and oxygen atoms in total. The van der Waals surface area contributed by atoms with Crippen LogP contribution < -0.4 is 10.1 Å². The average Bonchev–Trinajstić information content (AvgIpc) is 3.09. The Hall–Kier alpha value is -3.15. The lowest BCUT2D eigenvalue weighted by atomic mass is 9.91. The van der Waals surface area contributed by atoms with E-state index in [1.807, 2.05) is 16.8 Å². The van der Waals surface area contributed by atoms with Crippen molar-refractivity contribution in [3.05, 3.63) is 76.9 Å². The van der Waals surface area contributed by atoms with Crippen molar-refractivity contribution in [3.8, 4) is 5.75 Å². The maximum atomic E-state index is 13.4. The Morgan fingerprint density at radius 3 is 2.88 bits per heavy atom. The number of ether oxygens (including phenoxy) is 1. The Bertz CT molecular complexity index is 1010. The first-order valence-corrected chi connectivity index (χ1v) is 8.09. The molecule has 0 spiro atoms. The Labute approximate surface area is 143 Å². The fourth-order valence-corrected chi connectivity index (χ4v) is 3.50. The summed E-state index contributed by atoms with van der Waals surface area (Å²) < 4.78 is 21.2. The third-order valence-corrected chi connectivity index (χ3v) is 4.68. The van der Waals surface area contributed by atoms with Gasteiger partial charge >= 0.3 is 0 Å². The highest BCUT2D eigenvalue weighted by Gasteiger charge is 2.34. The van der Waals surface area contributed by atoms with Gasteiger partial charge in [0.1, 0.15) is 30.5 Å². The molecule has 1 unspecified atom stereocenters. The van der Waals surface area contributed by atoms with Crippen LogP contribution in [0.15, 0.2) is 54.4 Å². The standard InChI is InChI=1S/C19H15FN4O/c1-11-2-7-16-14(8-11)17-15(9-25-16)18(12-3-5-13(20)6-4-12)24-19(23-17)21-10-22-24/h2-8,10,18H,9H2,1H3,(H,21,22,23). The van der Waals surface area contributed by atoms with E-state index in [2.05, 4.69) is 28.4 Å². The summed E-state index contributed by atoms with van der Waals surface area (Å²) in [5, 5.41) is 7.75. The summed E-state index contributed by atoms with van der Waals surface area (Å²) in [6.45, 7) is 2.50. The Morgan fingerprint density at radius 1 is 1.20 bits per heavy atom. The Balaban J connectivity index is 1.73. The number of benzene rings is 2. The first-order valence-electron chi connectivity index (χ1n) is 8.09. The minimum atomic E-state index is -0.258. The summed E-state index contributed by atoms with van der Waals surface area (Å²) >= 11 is 0. The first kappa shape index (κ1) is 14.2. The van der Waals surface area contributed by atoms with Gasteiger partial charge in [-0.3, -0.25) is 0 Å². The minimum absolute atomic E-state index is 0.178. The third kappa shape index (κ3) is 2.14. The second-order valence-electron chi connectivity index (χ2n) is 6.30. The van der Waals surface area contributed by atoms with Crippen LogP contribution >= 0.6 is 0 Å². The van der Waals surface area contributed by atoms with Gasteiger partial charge in [0.2, 0.25) is 5.95 Å². The van der Waals surface area contributed by atoms with E-state index >= 15 is 0 Å². The van der Waals surface area contributed by atoms with Crippen LogP contribution in [0.5, 0.6) is 5.75 Å². The highest BCUT2D eigenvalue weighted by Crippen LogP contribution is 2.43. The molecule has 0 saturated carbocycles. The molecule has 3 aromatic rings. The summed E-state index contributed by atoms with van der Waals surface area (Å²) in [5.74, 6) is 1.26. The predicted octanol–water partition coefficient (Wildman–Crippen LogP) is 3.54.